The Labute approximate surface area is 163 Å². The molecule has 1 fully saturated rings. The number of amides is 1. The van der Waals surface area contributed by atoms with Gasteiger partial charge in [-0.3, -0.25) is 4.79 Å². The summed E-state index contributed by atoms with van der Waals surface area (Å²) in [6, 6.07) is 9.59. The van der Waals surface area contributed by atoms with Crippen LogP contribution in [0.15, 0.2) is 42.9 Å². The Hall–Kier alpha value is -3.13. The smallest absolute Gasteiger partial charge is 0.240 e. The Morgan fingerprint density at radius 3 is 2.71 bits per heavy atom. The van der Waals surface area contributed by atoms with Crippen molar-refractivity contribution in [2.24, 2.45) is 5.73 Å². The number of methoxy groups -OCH3 is 1. The molecule has 146 valence electrons. The summed E-state index contributed by atoms with van der Waals surface area (Å²) in [5.41, 5.74) is 7.40. The van der Waals surface area contributed by atoms with Crippen molar-refractivity contribution in [2.45, 2.75) is 24.9 Å². The third-order valence-electron chi connectivity index (χ3n) is 5.35. The normalized spacial score (nSPS) is 16.1. The molecule has 8 nitrogen and oxygen atoms in total. The van der Waals surface area contributed by atoms with E-state index < -0.39 is 5.54 Å². The van der Waals surface area contributed by atoms with E-state index in [9.17, 15) is 4.79 Å². The fraction of sp³-hybridized carbons (Fsp3) is 0.350. The molecule has 0 radical (unpaired) electrons. The predicted octanol–water partition coefficient (Wildman–Crippen LogP) is 1.58. The van der Waals surface area contributed by atoms with Crippen LogP contribution < -0.4 is 20.7 Å². The van der Waals surface area contributed by atoms with Gasteiger partial charge in [-0.15, -0.1) is 0 Å². The van der Waals surface area contributed by atoms with Crippen LogP contribution in [-0.4, -0.2) is 46.6 Å². The van der Waals surface area contributed by atoms with Crippen LogP contribution in [0.5, 0.6) is 5.75 Å². The molecule has 4 rings (SSSR count). The molecule has 4 N–H and O–H groups in total. The predicted molar refractivity (Wildman–Crippen MR) is 107 cm³/mol. The van der Waals surface area contributed by atoms with Gasteiger partial charge in [0.15, 0.2) is 0 Å². The number of benzene rings is 1. The van der Waals surface area contributed by atoms with Crippen LogP contribution in [0.2, 0.25) is 0 Å². The number of carbonyl (C=O) groups is 1. The SMILES string of the molecule is COc1ccc(CNC(=O)C2(N)CCN(c3ncnc4[nH]ccc34)CC2)cc1. The number of H-pyrrole nitrogens is 1. The van der Waals surface area contributed by atoms with Crippen molar-refractivity contribution in [1.82, 2.24) is 20.3 Å². The Bertz CT molecular complexity index is 960. The minimum absolute atomic E-state index is 0.113. The number of nitrogens with zero attached hydrogens (tertiary/aromatic N) is 3. The Morgan fingerprint density at radius 1 is 1.25 bits per heavy atom. The molecule has 28 heavy (non-hydrogen) atoms. The summed E-state index contributed by atoms with van der Waals surface area (Å²) in [6.45, 7) is 1.79. The van der Waals surface area contributed by atoms with Gasteiger partial charge in [0.1, 0.15) is 23.5 Å². The van der Waals surface area contributed by atoms with Crippen LogP contribution in [0, 0.1) is 0 Å². The van der Waals surface area contributed by atoms with E-state index in [1.807, 2.05) is 36.5 Å². The lowest BCUT2D eigenvalue weighted by molar-refractivity contribution is -0.127. The van der Waals surface area contributed by atoms with Crippen LogP contribution in [0.3, 0.4) is 0 Å². The number of hydrogen-bond donors (Lipinski definition) is 3. The van der Waals surface area contributed by atoms with Gasteiger partial charge < -0.3 is 25.7 Å². The number of anilines is 1. The fourth-order valence-electron chi connectivity index (χ4n) is 3.56. The van der Waals surface area contributed by atoms with Crippen molar-refractivity contribution in [3.8, 4) is 5.75 Å². The zero-order chi connectivity index (χ0) is 19.6. The number of aromatic nitrogens is 3. The molecule has 0 spiro atoms. The summed E-state index contributed by atoms with van der Waals surface area (Å²) in [4.78, 5) is 26.6. The average molecular weight is 380 g/mol. The van der Waals surface area contributed by atoms with E-state index in [-0.39, 0.29) is 5.91 Å². The van der Waals surface area contributed by atoms with E-state index in [1.165, 1.54) is 0 Å². The fourth-order valence-corrected chi connectivity index (χ4v) is 3.56. The van der Waals surface area contributed by atoms with E-state index in [0.29, 0.717) is 32.5 Å². The second kappa shape index (κ2) is 7.47. The third-order valence-corrected chi connectivity index (χ3v) is 5.35. The van der Waals surface area contributed by atoms with Gasteiger partial charge in [0, 0.05) is 25.8 Å². The molecule has 8 heteroatoms. The van der Waals surface area contributed by atoms with Gasteiger partial charge in [0.25, 0.3) is 0 Å². The van der Waals surface area contributed by atoms with Gasteiger partial charge in [-0.05, 0) is 36.6 Å². The largest absolute Gasteiger partial charge is 0.497 e. The van der Waals surface area contributed by atoms with Crippen LogP contribution in [-0.2, 0) is 11.3 Å². The lowest BCUT2D eigenvalue weighted by Gasteiger charge is -2.38. The van der Waals surface area contributed by atoms with E-state index in [4.69, 9.17) is 10.5 Å². The van der Waals surface area contributed by atoms with Gasteiger partial charge >= 0.3 is 0 Å². The first-order valence-electron chi connectivity index (χ1n) is 9.32. The second-order valence-electron chi connectivity index (χ2n) is 7.11. The van der Waals surface area contributed by atoms with Crippen molar-refractivity contribution in [3.05, 3.63) is 48.4 Å². The number of nitrogens with one attached hydrogen (secondary N) is 2. The first-order valence-corrected chi connectivity index (χ1v) is 9.32. The van der Waals surface area contributed by atoms with Gasteiger partial charge in [0.05, 0.1) is 18.0 Å². The summed E-state index contributed by atoms with van der Waals surface area (Å²) in [6.07, 6.45) is 4.54. The van der Waals surface area contributed by atoms with E-state index >= 15 is 0 Å². The lowest BCUT2D eigenvalue weighted by Crippen LogP contribution is -2.59. The number of aromatic amines is 1. The van der Waals surface area contributed by atoms with E-state index in [2.05, 4.69) is 25.2 Å². The number of ether oxygens (including phenoxy) is 1. The maximum atomic E-state index is 12.7. The van der Waals surface area contributed by atoms with Crippen molar-refractivity contribution in [1.29, 1.82) is 0 Å². The van der Waals surface area contributed by atoms with Crippen molar-refractivity contribution < 1.29 is 9.53 Å². The Kier molecular flexibility index (Phi) is 4.87. The van der Waals surface area contributed by atoms with Gasteiger partial charge in [-0.25, -0.2) is 9.97 Å². The number of piperidine rings is 1. The van der Waals surface area contributed by atoms with Crippen LogP contribution >= 0.6 is 0 Å². The van der Waals surface area contributed by atoms with Crippen molar-refractivity contribution in [2.75, 3.05) is 25.1 Å². The Morgan fingerprint density at radius 2 is 2.00 bits per heavy atom. The molecule has 1 aliphatic heterocycles. The molecular weight excluding hydrogens is 356 g/mol. The first-order chi connectivity index (χ1) is 13.6. The minimum Gasteiger partial charge on any atom is -0.497 e. The van der Waals surface area contributed by atoms with Gasteiger partial charge in [-0.2, -0.15) is 0 Å². The molecule has 1 aliphatic rings. The average Bonchev–Trinajstić information content (AvgIpc) is 3.22. The minimum atomic E-state index is -0.868. The summed E-state index contributed by atoms with van der Waals surface area (Å²) >= 11 is 0. The highest BCUT2D eigenvalue weighted by Crippen LogP contribution is 2.28. The maximum Gasteiger partial charge on any atom is 0.240 e. The number of hydrogen-bond acceptors (Lipinski definition) is 6. The highest BCUT2D eigenvalue weighted by atomic mass is 16.5. The molecule has 1 saturated heterocycles. The Balaban J connectivity index is 1.37. The van der Waals surface area contributed by atoms with Crippen molar-refractivity contribution in [3.63, 3.8) is 0 Å². The molecular formula is C20H24N6O2. The number of carbonyl (C=O) groups excluding carboxylic acids is 1. The third kappa shape index (κ3) is 3.50. The number of rotatable bonds is 5. The highest BCUT2D eigenvalue weighted by molar-refractivity contribution is 5.88. The molecule has 0 aliphatic carbocycles. The molecule has 3 heterocycles. The summed E-state index contributed by atoms with van der Waals surface area (Å²) in [7, 11) is 1.63. The van der Waals surface area contributed by atoms with E-state index in [0.717, 1.165) is 28.2 Å². The quantitative estimate of drug-likeness (QED) is 0.620. The maximum absolute atomic E-state index is 12.7. The highest BCUT2D eigenvalue weighted by Gasteiger charge is 2.38. The van der Waals surface area contributed by atoms with Gasteiger partial charge in [-0.1, -0.05) is 12.1 Å². The molecule has 0 atom stereocenters. The first kappa shape index (κ1) is 18.2. The molecule has 1 aromatic carbocycles. The summed E-state index contributed by atoms with van der Waals surface area (Å²) in [5.74, 6) is 1.56. The molecule has 0 unspecified atom stereocenters. The van der Waals surface area contributed by atoms with Gasteiger partial charge in [0.2, 0.25) is 5.91 Å². The van der Waals surface area contributed by atoms with Crippen LogP contribution in [0.4, 0.5) is 5.82 Å². The van der Waals surface area contributed by atoms with Crippen LogP contribution in [0.25, 0.3) is 11.0 Å². The monoisotopic (exact) mass is 380 g/mol. The molecule has 2 aromatic heterocycles. The topological polar surface area (TPSA) is 109 Å². The number of nitrogens with two attached hydrogens (primary N) is 1. The van der Waals surface area contributed by atoms with Crippen LogP contribution in [0.1, 0.15) is 18.4 Å². The second-order valence-corrected chi connectivity index (χ2v) is 7.11. The molecule has 1 amide bonds. The van der Waals surface area contributed by atoms with E-state index in [1.54, 1.807) is 13.4 Å². The zero-order valence-corrected chi connectivity index (χ0v) is 15.8. The molecule has 3 aromatic rings. The summed E-state index contributed by atoms with van der Waals surface area (Å²) in [5, 5.41) is 3.96. The lowest BCUT2D eigenvalue weighted by atomic mass is 9.87. The summed E-state index contributed by atoms with van der Waals surface area (Å²) < 4.78 is 5.15. The molecule has 0 bridgehead atoms. The standard InChI is InChI=1S/C20H24N6O2/c1-28-15-4-2-14(3-5-15)12-23-19(27)20(21)7-10-26(11-8-20)18-16-6-9-22-17(16)24-13-25-18/h2-6,9,13H,7-8,10-12,21H2,1H3,(H,23,27)(H,22,24,25). The number of fused-ring (bicyclic) bond motifs is 1. The molecule has 0 saturated carbocycles. The van der Waals surface area contributed by atoms with Crippen molar-refractivity contribution >= 4 is 22.8 Å². The zero-order valence-electron chi connectivity index (χ0n) is 15.8.